The maximum Gasteiger partial charge on any atom is 0.303 e. The second-order valence-electron chi connectivity index (χ2n) is 4.21. The second-order valence-corrected chi connectivity index (χ2v) is 4.21. The summed E-state index contributed by atoms with van der Waals surface area (Å²) in [7, 11) is 1.62. The molecule has 0 heterocycles. The molecule has 17 heavy (non-hydrogen) atoms. The van der Waals surface area contributed by atoms with E-state index in [2.05, 4.69) is 6.92 Å². The van der Waals surface area contributed by atoms with Crippen LogP contribution in [0.2, 0.25) is 0 Å². The van der Waals surface area contributed by atoms with Crippen LogP contribution in [0, 0.1) is 0 Å². The van der Waals surface area contributed by atoms with Crippen molar-refractivity contribution in [2.45, 2.75) is 38.5 Å². The van der Waals surface area contributed by atoms with Crippen LogP contribution in [0.5, 0.6) is 5.75 Å². The fourth-order valence-corrected chi connectivity index (χ4v) is 1.94. The number of hydrogen-bond acceptors (Lipinski definition) is 2. The zero-order valence-corrected chi connectivity index (χ0v) is 10.5. The number of benzene rings is 1. The lowest BCUT2D eigenvalue weighted by atomic mass is 9.90. The third kappa shape index (κ3) is 4.47. The average Bonchev–Trinajstić information content (AvgIpc) is 2.34. The number of ether oxygens (including phenoxy) is 1. The minimum atomic E-state index is -0.742. The molecule has 0 bridgehead atoms. The summed E-state index contributed by atoms with van der Waals surface area (Å²) in [6, 6.07) is 7.70. The highest BCUT2D eigenvalue weighted by atomic mass is 16.5. The van der Waals surface area contributed by atoms with Crippen LogP contribution in [0.3, 0.4) is 0 Å². The quantitative estimate of drug-likeness (QED) is 0.788. The van der Waals surface area contributed by atoms with E-state index >= 15 is 0 Å². The van der Waals surface area contributed by atoms with Crippen molar-refractivity contribution < 1.29 is 14.6 Å². The van der Waals surface area contributed by atoms with Crippen molar-refractivity contribution in [3.05, 3.63) is 29.8 Å². The molecule has 1 aromatic rings. The lowest BCUT2D eigenvalue weighted by Gasteiger charge is -2.15. The van der Waals surface area contributed by atoms with Gasteiger partial charge in [0.2, 0.25) is 0 Å². The molecule has 3 nitrogen and oxygen atoms in total. The Kier molecular flexibility index (Phi) is 5.53. The van der Waals surface area contributed by atoms with Crippen molar-refractivity contribution >= 4 is 5.97 Å². The third-order valence-electron chi connectivity index (χ3n) is 2.89. The first kappa shape index (κ1) is 13.6. The Morgan fingerprint density at radius 1 is 1.47 bits per heavy atom. The molecule has 1 aromatic carbocycles. The maximum atomic E-state index is 10.9. The topological polar surface area (TPSA) is 46.5 Å². The van der Waals surface area contributed by atoms with Crippen LogP contribution < -0.4 is 4.74 Å². The van der Waals surface area contributed by atoms with Gasteiger partial charge in [-0.1, -0.05) is 31.9 Å². The second kappa shape index (κ2) is 6.94. The monoisotopic (exact) mass is 236 g/mol. The van der Waals surface area contributed by atoms with Crippen LogP contribution in [-0.4, -0.2) is 18.2 Å². The molecule has 0 saturated heterocycles. The molecular weight excluding hydrogens is 216 g/mol. The van der Waals surface area contributed by atoms with E-state index in [0.29, 0.717) is 0 Å². The van der Waals surface area contributed by atoms with Gasteiger partial charge in [0.05, 0.1) is 13.5 Å². The first-order valence-electron chi connectivity index (χ1n) is 6.03. The Morgan fingerprint density at radius 2 is 2.24 bits per heavy atom. The largest absolute Gasteiger partial charge is 0.497 e. The zero-order valence-electron chi connectivity index (χ0n) is 10.5. The highest BCUT2D eigenvalue weighted by Gasteiger charge is 2.15. The van der Waals surface area contributed by atoms with E-state index in [1.807, 2.05) is 24.3 Å². The Hall–Kier alpha value is -1.51. The molecule has 0 spiro atoms. The molecular formula is C14H20O3. The smallest absolute Gasteiger partial charge is 0.303 e. The lowest BCUT2D eigenvalue weighted by molar-refractivity contribution is -0.137. The summed E-state index contributed by atoms with van der Waals surface area (Å²) in [5.74, 6) is 0.130. The summed E-state index contributed by atoms with van der Waals surface area (Å²) in [6.45, 7) is 2.11. The summed E-state index contributed by atoms with van der Waals surface area (Å²) < 4.78 is 5.17. The lowest BCUT2D eigenvalue weighted by Crippen LogP contribution is -2.06. The van der Waals surface area contributed by atoms with Crippen LogP contribution >= 0.6 is 0 Å². The van der Waals surface area contributed by atoms with Crippen molar-refractivity contribution in [3.8, 4) is 5.75 Å². The highest BCUT2D eigenvalue weighted by Crippen LogP contribution is 2.28. The van der Waals surface area contributed by atoms with Gasteiger partial charge in [-0.05, 0) is 30.0 Å². The number of unbranched alkanes of at least 4 members (excludes halogenated alkanes) is 1. The molecule has 0 fully saturated rings. The van der Waals surface area contributed by atoms with Gasteiger partial charge in [-0.2, -0.15) is 0 Å². The van der Waals surface area contributed by atoms with E-state index in [4.69, 9.17) is 9.84 Å². The minimum absolute atomic E-state index is 0.0857. The molecule has 1 N–H and O–H groups in total. The van der Waals surface area contributed by atoms with Gasteiger partial charge in [-0.25, -0.2) is 0 Å². The van der Waals surface area contributed by atoms with E-state index in [0.717, 1.165) is 30.6 Å². The number of carbonyl (C=O) groups is 1. The summed E-state index contributed by atoms with van der Waals surface area (Å²) >= 11 is 0. The van der Waals surface area contributed by atoms with Gasteiger partial charge < -0.3 is 9.84 Å². The number of methoxy groups -OCH3 is 1. The summed E-state index contributed by atoms with van der Waals surface area (Å²) in [4.78, 5) is 10.9. The van der Waals surface area contributed by atoms with Gasteiger partial charge in [0.15, 0.2) is 0 Å². The van der Waals surface area contributed by atoms with Crippen molar-refractivity contribution in [2.75, 3.05) is 7.11 Å². The van der Waals surface area contributed by atoms with Crippen molar-refractivity contribution in [1.82, 2.24) is 0 Å². The SMILES string of the molecule is CCCC[C@@H](CC(=O)O)c1cccc(OC)c1. The first-order chi connectivity index (χ1) is 8.17. The molecule has 94 valence electrons. The van der Waals surface area contributed by atoms with Gasteiger partial charge in [0, 0.05) is 0 Å². The van der Waals surface area contributed by atoms with Crippen LogP contribution in [0.4, 0.5) is 0 Å². The van der Waals surface area contributed by atoms with Gasteiger partial charge >= 0.3 is 5.97 Å². The molecule has 0 unspecified atom stereocenters. The summed E-state index contributed by atoms with van der Waals surface area (Å²) in [6.07, 6.45) is 3.23. The van der Waals surface area contributed by atoms with Crippen molar-refractivity contribution in [3.63, 3.8) is 0 Å². The van der Waals surface area contributed by atoms with Crippen LogP contribution in [-0.2, 0) is 4.79 Å². The Labute approximate surface area is 102 Å². The van der Waals surface area contributed by atoms with Crippen LogP contribution in [0.25, 0.3) is 0 Å². The molecule has 0 aliphatic heterocycles. The summed E-state index contributed by atoms with van der Waals surface area (Å²) in [5, 5.41) is 8.94. The van der Waals surface area contributed by atoms with Crippen molar-refractivity contribution in [1.29, 1.82) is 0 Å². The van der Waals surface area contributed by atoms with Gasteiger partial charge in [0.1, 0.15) is 5.75 Å². The minimum Gasteiger partial charge on any atom is -0.497 e. The number of carboxylic acids is 1. The molecule has 3 heteroatoms. The van der Waals surface area contributed by atoms with Crippen LogP contribution in [0.15, 0.2) is 24.3 Å². The predicted octanol–water partition coefficient (Wildman–Crippen LogP) is 3.44. The van der Waals surface area contributed by atoms with E-state index in [-0.39, 0.29) is 12.3 Å². The molecule has 1 atom stereocenters. The number of aliphatic carboxylic acids is 1. The van der Waals surface area contributed by atoms with E-state index in [1.54, 1.807) is 7.11 Å². The molecule has 0 aliphatic rings. The molecule has 1 rings (SSSR count). The normalized spacial score (nSPS) is 12.1. The molecule has 0 saturated carbocycles. The van der Waals surface area contributed by atoms with Gasteiger partial charge in [0.25, 0.3) is 0 Å². The Morgan fingerprint density at radius 3 is 2.82 bits per heavy atom. The Balaban J connectivity index is 2.82. The Bertz CT molecular complexity index is 360. The standard InChI is InChI=1S/C14H20O3/c1-3-4-6-12(10-14(15)16)11-7-5-8-13(9-11)17-2/h5,7-9,12H,3-4,6,10H2,1-2H3,(H,15,16)/t12-/m0/s1. The van der Waals surface area contributed by atoms with E-state index < -0.39 is 5.97 Å². The maximum absolute atomic E-state index is 10.9. The van der Waals surface area contributed by atoms with Crippen molar-refractivity contribution in [2.24, 2.45) is 0 Å². The predicted molar refractivity (Wildman–Crippen MR) is 67.5 cm³/mol. The molecule has 0 amide bonds. The fraction of sp³-hybridized carbons (Fsp3) is 0.500. The summed E-state index contributed by atoms with van der Waals surface area (Å²) in [5.41, 5.74) is 1.06. The van der Waals surface area contributed by atoms with E-state index in [1.165, 1.54) is 0 Å². The molecule has 0 radical (unpaired) electrons. The first-order valence-corrected chi connectivity index (χ1v) is 6.03. The van der Waals surface area contributed by atoms with E-state index in [9.17, 15) is 4.79 Å². The number of carboxylic acid groups (broad SMARTS) is 1. The zero-order chi connectivity index (χ0) is 12.7. The van der Waals surface area contributed by atoms with Gasteiger partial charge in [-0.3, -0.25) is 4.79 Å². The fourth-order valence-electron chi connectivity index (χ4n) is 1.94. The van der Waals surface area contributed by atoms with Gasteiger partial charge in [-0.15, -0.1) is 0 Å². The molecule has 0 aliphatic carbocycles. The molecule has 0 aromatic heterocycles. The number of rotatable bonds is 7. The highest BCUT2D eigenvalue weighted by molar-refractivity contribution is 5.68. The average molecular weight is 236 g/mol. The van der Waals surface area contributed by atoms with Crippen LogP contribution in [0.1, 0.15) is 44.1 Å². The number of hydrogen-bond donors (Lipinski definition) is 1. The third-order valence-corrected chi connectivity index (χ3v) is 2.89.